The van der Waals surface area contributed by atoms with Crippen LogP contribution in [-0.4, -0.2) is 25.8 Å². The van der Waals surface area contributed by atoms with Gasteiger partial charge in [-0.25, -0.2) is 0 Å². The fraction of sp³-hybridized carbons (Fsp3) is 0.235. The lowest BCUT2D eigenvalue weighted by molar-refractivity contribution is -0.890. The largest absolute Gasteiger partial charge is 0.356 e. The summed E-state index contributed by atoms with van der Waals surface area (Å²) in [6.07, 6.45) is 0. The first-order chi connectivity index (χ1) is 11.0. The Labute approximate surface area is 156 Å². The lowest BCUT2D eigenvalue weighted by Crippen LogP contribution is -3.07. The molecule has 0 saturated carbocycles. The molecular weight excluding hydrogens is 394 g/mol. The number of anilines is 1. The SMILES string of the molecule is C[NH+](C)[C@H](CNC(=S)Nc1cccc(Br)c1)c1ccccc1Cl. The predicted octanol–water partition coefficient (Wildman–Crippen LogP) is 3.27. The van der Waals surface area contributed by atoms with E-state index in [4.69, 9.17) is 23.8 Å². The second kappa shape index (κ2) is 8.64. The van der Waals surface area contributed by atoms with E-state index in [-0.39, 0.29) is 6.04 Å². The van der Waals surface area contributed by atoms with E-state index >= 15 is 0 Å². The summed E-state index contributed by atoms with van der Waals surface area (Å²) in [4.78, 5) is 1.29. The summed E-state index contributed by atoms with van der Waals surface area (Å²) in [5.74, 6) is 0. The number of benzene rings is 2. The van der Waals surface area contributed by atoms with Crippen LogP contribution in [0.4, 0.5) is 5.69 Å². The molecule has 0 spiro atoms. The minimum atomic E-state index is 0.214. The van der Waals surface area contributed by atoms with Gasteiger partial charge in [0.15, 0.2) is 5.11 Å². The maximum absolute atomic E-state index is 6.33. The minimum Gasteiger partial charge on any atom is -0.356 e. The Hall–Kier alpha value is -1.14. The molecule has 2 rings (SSSR count). The molecule has 0 fully saturated rings. The summed E-state index contributed by atoms with van der Waals surface area (Å²) in [6, 6.07) is 16.0. The number of rotatable bonds is 5. The molecule has 0 aliphatic carbocycles. The fourth-order valence-electron chi connectivity index (χ4n) is 2.32. The van der Waals surface area contributed by atoms with Gasteiger partial charge in [0.1, 0.15) is 6.04 Å². The van der Waals surface area contributed by atoms with E-state index in [1.165, 1.54) is 4.90 Å². The number of halogens is 2. The van der Waals surface area contributed by atoms with E-state index in [1.807, 2.05) is 42.5 Å². The molecule has 2 aromatic carbocycles. The quantitative estimate of drug-likeness (QED) is 0.657. The van der Waals surface area contributed by atoms with Gasteiger partial charge in [-0.1, -0.05) is 51.8 Å². The van der Waals surface area contributed by atoms with Crippen LogP contribution in [0.25, 0.3) is 0 Å². The molecule has 0 bridgehead atoms. The average Bonchev–Trinajstić information content (AvgIpc) is 2.49. The van der Waals surface area contributed by atoms with Gasteiger partial charge < -0.3 is 15.5 Å². The van der Waals surface area contributed by atoms with Crippen molar-refractivity contribution < 1.29 is 4.90 Å². The van der Waals surface area contributed by atoms with Gasteiger partial charge in [-0.3, -0.25) is 0 Å². The van der Waals surface area contributed by atoms with E-state index in [2.05, 4.69) is 46.7 Å². The number of hydrogen-bond acceptors (Lipinski definition) is 1. The van der Waals surface area contributed by atoms with Crippen LogP contribution >= 0.6 is 39.7 Å². The van der Waals surface area contributed by atoms with Crippen molar-refractivity contribution in [1.29, 1.82) is 0 Å². The van der Waals surface area contributed by atoms with Gasteiger partial charge in [0.25, 0.3) is 0 Å². The van der Waals surface area contributed by atoms with Gasteiger partial charge in [0.2, 0.25) is 0 Å². The van der Waals surface area contributed by atoms with Gasteiger partial charge in [0.05, 0.1) is 20.6 Å². The summed E-state index contributed by atoms with van der Waals surface area (Å²) in [5, 5.41) is 7.86. The van der Waals surface area contributed by atoms with Crippen LogP contribution in [0.15, 0.2) is 53.0 Å². The van der Waals surface area contributed by atoms with Crippen LogP contribution in [-0.2, 0) is 0 Å². The molecule has 0 aliphatic rings. The first kappa shape index (κ1) is 18.2. The van der Waals surface area contributed by atoms with Crippen molar-refractivity contribution in [2.45, 2.75) is 6.04 Å². The fourth-order valence-corrected chi connectivity index (χ4v) is 3.19. The highest BCUT2D eigenvalue weighted by atomic mass is 79.9. The highest BCUT2D eigenvalue weighted by Crippen LogP contribution is 2.20. The Balaban J connectivity index is 1.99. The monoisotopic (exact) mass is 412 g/mol. The first-order valence-corrected chi connectivity index (χ1v) is 8.90. The highest BCUT2D eigenvalue weighted by molar-refractivity contribution is 9.10. The Bertz CT molecular complexity index is 678. The van der Waals surface area contributed by atoms with E-state index in [1.54, 1.807) is 0 Å². The molecule has 0 unspecified atom stereocenters. The summed E-state index contributed by atoms with van der Waals surface area (Å²) in [5.41, 5.74) is 2.07. The van der Waals surface area contributed by atoms with Crippen molar-refractivity contribution in [2.24, 2.45) is 0 Å². The maximum atomic E-state index is 6.33. The summed E-state index contributed by atoms with van der Waals surface area (Å²) < 4.78 is 1.01. The molecule has 122 valence electrons. The molecule has 23 heavy (non-hydrogen) atoms. The van der Waals surface area contributed by atoms with Crippen molar-refractivity contribution in [3.8, 4) is 0 Å². The van der Waals surface area contributed by atoms with Gasteiger partial charge in [-0.15, -0.1) is 0 Å². The molecule has 0 aliphatic heterocycles. The lowest BCUT2D eigenvalue weighted by Gasteiger charge is -2.24. The van der Waals surface area contributed by atoms with Crippen LogP contribution in [0.2, 0.25) is 5.02 Å². The zero-order valence-electron chi connectivity index (χ0n) is 13.1. The summed E-state index contributed by atoms with van der Waals surface area (Å²) >= 11 is 15.2. The first-order valence-electron chi connectivity index (χ1n) is 7.32. The van der Waals surface area contributed by atoms with Gasteiger partial charge in [-0.05, 0) is 36.5 Å². The predicted molar refractivity (Wildman–Crippen MR) is 105 cm³/mol. The van der Waals surface area contributed by atoms with Crippen molar-refractivity contribution in [1.82, 2.24) is 5.32 Å². The molecule has 3 N–H and O–H groups in total. The zero-order valence-corrected chi connectivity index (χ0v) is 16.2. The molecule has 0 saturated heterocycles. The van der Waals surface area contributed by atoms with Crippen LogP contribution in [0, 0.1) is 0 Å². The molecule has 1 atom stereocenters. The third-order valence-electron chi connectivity index (χ3n) is 3.53. The Morgan fingerprint density at radius 1 is 1.22 bits per heavy atom. The standard InChI is InChI=1S/C17H19BrClN3S/c1-22(2)16(14-8-3-4-9-15(14)19)11-20-17(23)21-13-7-5-6-12(18)10-13/h3-10,16H,11H2,1-2H3,(H2,20,21,23)/p+1/t16-/m1/s1. The average molecular weight is 414 g/mol. The molecule has 0 amide bonds. The van der Waals surface area contributed by atoms with Crippen molar-refractivity contribution >= 4 is 50.5 Å². The van der Waals surface area contributed by atoms with Crippen LogP contribution in [0.5, 0.6) is 0 Å². The summed E-state index contributed by atoms with van der Waals surface area (Å²) in [7, 11) is 4.22. The van der Waals surface area contributed by atoms with Crippen LogP contribution in [0.3, 0.4) is 0 Å². The molecule has 3 nitrogen and oxygen atoms in total. The van der Waals surface area contributed by atoms with E-state index in [9.17, 15) is 0 Å². The molecule has 0 radical (unpaired) electrons. The maximum Gasteiger partial charge on any atom is 0.171 e. The Morgan fingerprint density at radius 2 is 1.96 bits per heavy atom. The second-order valence-corrected chi connectivity index (χ2v) is 7.23. The zero-order chi connectivity index (χ0) is 16.8. The van der Waals surface area contributed by atoms with Crippen molar-refractivity contribution in [3.05, 3.63) is 63.6 Å². The van der Waals surface area contributed by atoms with Crippen LogP contribution in [0.1, 0.15) is 11.6 Å². The van der Waals surface area contributed by atoms with Gasteiger partial charge >= 0.3 is 0 Å². The van der Waals surface area contributed by atoms with E-state index in [0.717, 1.165) is 20.7 Å². The second-order valence-electron chi connectivity index (χ2n) is 5.50. The van der Waals surface area contributed by atoms with Crippen molar-refractivity contribution in [3.63, 3.8) is 0 Å². The minimum absolute atomic E-state index is 0.214. The number of quaternary nitrogens is 1. The third kappa shape index (κ3) is 5.46. The number of hydrogen-bond donors (Lipinski definition) is 3. The van der Waals surface area contributed by atoms with Crippen LogP contribution < -0.4 is 15.5 Å². The van der Waals surface area contributed by atoms with E-state index < -0.39 is 0 Å². The number of likely N-dealkylation sites (N-methyl/N-ethyl adjacent to an activating group) is 1. The number of thiocarbonyl (C=S) groups is 1. The lowest BCUT2D eigenvalue weighted by atomic mass is 10.1. The third-order valence-corrected chi connectivity index (χ3v) is 4.61. The smallest absolute Gasteiger partial charge is 0.171 e. The van der Waals surface area contributed by atoms with Crippen molar-refractivity contribution in [2.75, 3.05) is 26.0 Å². The molecule has 2 aromatic rings. The molecule has 0 heterocycles. The molecule has 6 heteroatoms. The highest BCUT2D eigenvalue weighted by Gasteiger charge is 2.20. The number of nitrogens with one attached hydrogen (secondary N) is 3. The van der Waals surface area contributed by atoms with E-state index in [0.29, 0.717) is 11.7 Å². The topological polar surface area (TPSA) is 28.5 Å². The molecule has 0 aromatic heterocycles. The molecular formula is C17H20BrClN3S+. The Morgan fingerprint density at radius 3 is 2.61 bits per heavy atom. The van der Waals surface area contributed by atoms with Gasteiger partial charge in [0, 0.05) is 20.7 Å². The normalized spacial score (nSPS) is 12.0. The summed E-state index contributed by atoms with van der Waals surface area (Å²) in [6.45, 7) is 0.700. The Kier molecular flexibility index (Phi) is 6.84. The van der Waals surface area contributed by atoms with Gasteiger partial charge in [-0.2, -0.15) is 0 Å².